The first kappa shape index (κ1) is 15.5. The largest absolute Gasteiger partial charge is 0.388 e. The normalized spacial score (nSPS) is 18.3. The minimum atomic E-state index is -3.26. The van der Waals surface area contributed by atoms with E-state index in [0.29, 0.717) is 23.4 Å². The fourth-order valence-electron chi connectivity index (χ4n) is 2.82. The Hall–Kier alpha value is -0.910. The SMILES string of the molecule is NCCC(O)c1cccc(S(=O)(=O)CC2CCCC2)c1. The second-order valence-corrected chi connectivity index (χ2v) is 7.63. The predicted molar refractivity (Wildman–Crippen MR) is 79.1 cm³/mol. The summed E-state index contributed by atoms with van der Waals surface area (Å²) in [4.78, 5) is 0.318. The number of aliphatic hydroxyl groups is 1. The molecular weight excluding hydrogens is 274 g/mol. The molecule has 1 fully saturated rings. The summed E-state index contributed by atoms with van der Waals surface area (Å²) in [5.74, 6) is 0.515. The van der Waals surface area contributed by atoms with Crippen LogP contribution in [-0.2, 0) is 9.84 Å². The molecule has 0 radical (unpaired) electrons. The minimum Gasteiger partial charge on any atom is -0.388 e. The van der Waals surface area contributed by atoms with Gasteiger partial charge in [-0.1, -0.05) is 25.0 Å². The van der Waals surface area contributed by atoms with E-state index in [1.165, 1.54) is 0 Å². The molecule has 1 saturated carbocycles. The summed E-state index contributed by atoms with van der Waals surface area (Å²) in [6.45, 7) is 0.375. The summed E-state index contributed by atoms with van der Waals surface area (Å²) < 4.78 is 24.8. The van der Waals surface area contributed by atoms with Crippen LogP contribution in [0.2, 0.25) is 0 Å². The molecule has 0 saturated heterocycles. The van der Waals surface area contributed by atoms with E-state index in [1.807, 2.05) is 0 Å². The summed E-state index contributed by atoms with van der Waals surface area (Å²) >= 11 is 0. The second kappa shape index (κ2) is 6.70. The van der Waals surface area contributed by atoms with Gasteiger partial charge in [0.15, 0.2) is 9.84 Å². The maximum absolute atomic E-state index is 12.4. The highest BCUT2D eigenvalue weighted by atomic mass is 32.2. The van der Waals surface area contributed by atoms with Crippen LogP contribution in [0.15, 0.2) is 29.2 Å². The van der Waals surface area contributed by atoms with Gasteiger partial charge in [0.2, 0.25) is 0 Å². The molecule has 2 rings (SSSR count). The predicted octanol–water partition coefficient (Wildman–Crippen LogP) is 2.03. The Bertz CT molecular complexity index is 536. The van der Waals surface area contributed by atoms with Crippen LogP contribution in [0, 0.1) is 5.92 Å². The van der Waals surface area contributed by atoms with Gasteiger partial charge in [0.25, 0.3) is 0 Å². The van der Waals surface area contributed by atoms with Crippen LogP contribution in [0.4, 0.5) is 0 Å². The molecule has 4 nitrogen and oxygen atoms in total. The fraction of sp³-hybridized carbons (Fsp3) is 0.600. The lowest BCUT2D eigenvalue weighted by atomic mass is 10.1. The molecule has 1 aromatic rings. The third kappa shape index (κ3) is 3.81. The van der Waals surface area contributed by atoms with Crippen LogP contribution in [-0.4, -0.2) is 25.8 Å². The van der Waals surface area contributed by atoms with Crippen molar-refractivity contribution in [2.45, 2.75) is 43.1 Å². The van der Waals surface area contributed by atoms with Gasteiger partial charge in [-0.15, -0.1) is 0 Å². The van der Waals surface area contributed by atoms with Crippen molar-refractivity contribution in [1.82, 2.24) is 0 Å². The first-order valence-corrected chi connectivity index (χ1v) is 8.89. The van der Waals surface area contributed by atoms with Crippen molar-refractivity contribution in [1.29, 1.82) is 0 Å². The van der Waals surface area contributed by atoms with Gasteiger partial charge >= 0.3 is 0 Å². The summed E-state index contributed by atoms with van der Waals surface area (Å²) in [6, 6.07) is 6.64. The topological polar surface area (TPSA) is 80.4 Å². The number of nitrogens with two attached hydrogens (primary N) is 1. The molecule has 1 aliphatic rings. The zero-order valence-electron chi connectivity index (χ0n) is 11.7. The van der Waals surface area contributed by atoms with Gasteiger partial charge in [-0.2, -0.15) is 0 Å². The lowest BCUT2D eigenvalue weighted by Gasteiger charge is -2.13. The van der Waals surface area contributed by atoms with E-state index < -0.39 is 15.9 Å². The molecule has 3 N–H and O–H groups in total. The first-order valence-electron chi connectivity index (χ1n) is 7.24. The van der Waals surface area contributed by atoms with Crippen LogP contribution in [0.25, 0.3) is 0 Å². The molecule has 1 aromatic carbocycles. The van der Waals surface area contributed by atoms with Gasteiger partial charge in [0.1, 0.15) is 0 Å². The number of aliphatic hydroxyl groups excluding tert-OH is 1. The molecule has 1 unspecified atom stereocenters. The van der Waals surface area contributed by atoms with Crippen molar-refractivity contribution in [3.05, 3.63) is 29.8 Å². The van der Waals surface area contributed by atoms with E-state index in [1.54, 1.807) is 24.3 Å². The average molecular weight is 297 g/mol. The zero-order chi connectivity index (χ0) is 14.6. The Labute approximate surface area is 120 Å². The number of benzene rings is 1. The minimum absolute atomic E-state index is 0.226. The third-order valence-electron chi connectivity index (χ3n) is 3.97. The monoisotopic (exact) mass is 297 g/mol. The van der Waals surface area contributed by atoms with Gasteiger partial charge < -0.3 is 10.8 Å². The number of hydrogen-bond acceptors (Lipinski definition) is 4. The summed E-state index contributed by atoms with van der Waals surface area (Å²) in [5, 5.41) is 9.92. The molecule has 0 aliphatic heterocycles. The molecule has 0 heterocycles. The van der Waals surface area contributed by atoms with Gasteiger partial charge in [-0.3, -0.25) is 0 Å². The van der Waals surface area contributed by atoms with Crippen LogP contribution >= 0.6 is 0 Å². The van der Waals surface area contributed by atoms with Crippen LogP contribution in [0.5, 0.6) is 0 Å². The fourth-order valence-corrected chi connectivity index (χ4v) is 4.57. The highest BCUT2D eigenvalue weighted by Crippen LogP contribution is 2.29. The van der Waals surface area contributed by atoms with Gasteiger partial charge in [0, 0.05) is 0 Å². The highest BCUT2D eigenvalue weighted by molar-refractivity contribution is 7.91. The van der Waals surface area contributed by atoms with Crippen LogP contribution in [0.3, 0.4) is 0 Å². The molecular formula is C15H23NO3S. The molecule has 20 heavy (non-hydrogen) atoms. The Morgan fingerprint density at radius 2 is 2.00 bits per heavy atom. The van der Waals surface area contributed by atoms with E-state index in [-0.39, 0.29) is 11.7 Å². The standard InChI is InChI=1S/C15H23NO3S/c16-9-8-15(17)13-6-3-7-14(10-13)20(18,19)11-12-4-1-2-5-12/h3,6-7,10,12,15,17H,1-2,4-5,8-9,11,16H2. The van der Waals surface area contributed by atoms with Crippen molar-refractivity contribution in [2.75, 3.05) is 12.3 Å². The van der Waals surface area contributed by atoms with Crippen molar-refractivity contribution in [2.24, 2.45) is 11.7 Å². The summed E-state index contributed by atoms with van der Waals surface area (Å²) in [5.41, 5.74) is 6.05. The number of sulfone groups is 1. The number of hydrogen-bond donors (Lipinski definition) is 2. The number of rotatable bonds is 6. The van der Waals surface area contributed by atoms with Gasteiger partial charge in [0.05, 0.1) is 16.8 Å². The highest BCUT2D eigenvalue weighted by Gasteiger charge is 2.24. The van der Waals surface area contributed by atoms with Gasteiger partial charge in [-0.25, -0.2) is 8.42 Å². The lowest BCUT2D eigenvalue weighted by molar-refractivity contribution is 0.170. The van der Waals surface area contributed by atoms with E-state index in [4.69, 9.17) is 5.73 Å². The molecule has 0 spiro atoms. The molecule has 5 heteroatoms. The Morgan fingerprint density at radius 1 is 1.30 bits per heavy atom. The molecule has 112 valence electrons. The van der Waals surface area contributed by atoms with Crippen molar-refractivity contribution in [3.8, 4) is 0 Å². The van der Waals surface area contributed by atoms with Gasteiger partial charge in [-0.05, 0) is 49.4 Å². The first-order chi connectivity index (χ1) is 9.53. The molecule has 0 amide bonds. The van der Waals surface area contributed by atoms with E-state index in [9.17, 15) is 13.5 Å². The van der Waals surface area contributed by atoms with Crippen molar-refractivity contribution in [3.63, 3.8) is 0 Å². The van der Waals surface area contributed by atoms with Crippen LogP contribution < -0.4 is 5.73 Å². The molecule has 0 aromatic heterocycles. The molecule has 1 atom stereocenters. The van der Waals surface area contributed by atoms with E-state index in [0.717, 1.165) is 25.7 Å². The Balaban J connectivity index is 2.16. The van der Waals surface area contributed by atoms with Crippen molar-refractivity contribution >= 4 is 9.84 Å². The van der Waals surface area contributed by atoms with E-state index in [2.05, 4.69) is 0 Å². The quantitative estimate of drug-likeness (QED) is 0.842. The summed E-state index contributed by atoms with van der Waals surface area (Å²) in [6.07, 6.45) is 4.03. The zero-order valence-corrected chi connectivity index (χ0v) is 12.5. The van der Waals surface area contributed by atoms with Crippen molar-refractivity contribution < 1.29 is 13.5 Å². The molecule has 0 bridgehead atoms. The maximum Gasteiger partial charge on any atom is 0.178 e. The van der Waals surface area contributed by atoms with Crippen LogP contribution in [0.1, 0.15) is 43.8 Å². The third-order valence-corrected chi connectivity index (χ3v) is 5.85. The average Bonchev–Trinajstić information content (AvgIpc) is 2.91. The van der Waals surface area contributed by atoms with E-state index >= 15 is 0 Å². The lowest BCUT2D eigenvalue weighted by Crippen LogP contribution is -2.14. The molecule has 1 aliphatic carbocycles. The maximum atomic E-state index is 12.4. The summed E-state index contributed by atoms with van der Waals surface area (Å²) in [7, 11) is -3.26. The Kier molecular flexibility index (Phi) is 5.18. The Morgan fingerprint density at radius 3 is 2.65 bits per heavy atom. The smallest absolute Gasteiger partial charge is 0.178 e. The second-order valence-electron chi connectivity index (χ2n) is 5.60.